The van der Waals surface area contributed by atoms with Gasteiger partial charge in [-0.2, -0.15) is 0 Å². The Balaban J connectivity index is 0.00000200. The maximum Gasteiger partial charge on any atom is 0.246 e. The molecule has 2 rings (SSSR count). The summed E-state index contributed by atoms with van der Waals surface area (Å²) in [6.45, 7) is 4.06. The Morgan fingerprint density at radius 1 is 1.30 bits per heavy atom. The van der Waals surface area contributed by atoms with E-state index >= 15 is 0 Å². The second kappa shape index (κ2) is 8.08. The van der Waals surface area contributed by atoms with Crippen LogP contribution in [0.4, 0.5) is 0 Å². The Morgan fingerprint density at radius 2 is 1.95 bits per heavy atom. The Kier molecular flexibility index (Phi) is 6.76. The number of hydrogen-bond acceptors (Lipinski definition) is 2. The van der Waals surface area contributed by atoms with Crippen molar-refractivity contribution in [1.82, 2.24) is 10.2 Å². The lowest BCUT2D eigenvalue weighted by atomic mass is 10.0. The van der Waals surface area contributed by atoms with E-state index in [2.05, 4.69) is 18.3 Å². The van der Waals surface area contributed by atoms with Crippen molar-refractivity contribution < 1.29 is 4.79 Å². The molecule has 1 saturated heterocycles. The summed E-state index contributed by atoms with van der Waals surface area (Å²) in [6, 6.07) is 8.46. The van der Waals surface area contributed by atoms with E-state index in [1.807, 2.05) is 36.2 Å². The summed E-state index contributed by atoms with van der Waals surface area (Å²) in [5.74, 6) is 0.0927. The van der Waals surface area contributed by atoms with Crippen molar-refractivity contribution >= 4 is 24.4 Å². The predicted molar refractivity (Wildman–Crippen MR) is 86.1 cm³/mol. The Hall–Kier alpha value is -1.32. The summed E-state index contributed by atoms with van der Waals surface area (Å²) in [4.78, 5) is 14.0. The van der Waals surface area contributed by atoms with E-state index in [1.165, 1.54) is 5.56 Å². The van der Waals surface area contributed by atoms with Crippen molar-refractivity contribution in [2.45, 2.75) is 25.8 Å². The fourth-order valence-corrected chi connectivity index (χ4v) is 2.43. The molecule has 1 aromatic rings. The van der Waals surface area contributed by atoms with Crippen LogP contribution < -0.4 is 5.32 Å². The molecule has 1 aliphatic rings. The van der Waals surface area contributed by atoms with Gasteiger partial charge in [0, 0.05) is 19.2 Å². The Bertz CT molecular complexity index is 467. The van der Waals surface area contributed by atoms with Gasteiger partial charge >= 0.3 is 0 Å². The highest BCUT2D eigenvalue weighted by Crippen LogP contribution is 2.12. The summed E-state index contributed by atoms with van der Waals surface area (Å²) in [5.41, 5.74) is 2.30. The first-order valence-electron chi connectivity index (χ1n) is 6.89. The smallest absolute Gasteiger partial charge is 0.246 e. The van der Waals surface area contributed by atoms with Crippen molar-refractivity contribution in [3.05, 3.63) is 41.5 Å². The lowest BCUT2D eigenvalue weighted by molar-refractivity contribution is -0.127. The fourth-order valence-electron chi connectivity index (χ4n) is 2.43. The van der Waals surface area contributed by atoms with Crippen molar-refractivity contribution in [2.24, 2.45) is 0 Å². The normalized spacial score (nSPS) is 15.9. The van der Waals surface area contributed by atoms with Crippen molar-refractivity contribution in [3.8, 4) is 0 Å². The van der Waals surface area contributed by atoms with Crippen LogP contribution in [0.25, 0.3) is 6.08 Å². The number of hydrogen-bond donors (Lipinski definition) is 1. The zero-order chi connectivity index (χ0) is 13.7. The molecule has 1 aliphatic heterocycles. The van der Waals surface area contributed by atoms with Gasteiger partial charge in [0.2, 0.25) is 5.91 Å². The number of nitrogens with zero attached hydrogens (tertiary/aromatic N) is 1. The molecule has 0 saturated carbocycles. The quantitative estimate of drug-likeness (QED) is 0.869. The number of carbonyl (C=O) groups excluding carboxylic acids is 1. The van der Waals surface area contributed by atoms with Crippen LogP contribution in [0.1, 0.15) is 24.0 Å². The SMILES string of the molecule is Cc1ccccc1C=CC(=O)N(C)C1CCNCC1.Cl. The number of piperidine rings is 1. The molecule has 0 atom stereocenters. The molecule has 20 heavy (non-hydrogen) atoms. The fraction of sp³-hybridized carbons (Fsp3) is 0.438. The summed E-state index contributed by atoms with van der Waals surface area (Å²) in [7, 11) is 1.90. The molecule has 1 N–H and O–H groups in total. The van der Waals surface area contributed by atoms with Crippen LogP contribution in [-0.2, 0) is 4.79 Å². The van der Waals surface area contributed by atoms with Crippen LogP contribution in [0, 0.1) is 6.92 Å². The van der Waals surface area contributed by atoms with E-state index in [9.17, 15) is 4.79 Å². The lowest BCUT2D eigenvalue weighted by Gasteiger charge is -2.30. The minimum Gasteiger partial charge on any atom is -0.339 e. The maximum absolute atomic E-state index is 12.1. The van der Waals surface area contributed by atoms with Crippen molar-refractivity contribution in [2.75, 3.05) is 20.1 Å². The van der Waals surface area contributed by atoms with Crippen LogP contribution in [0.15, 0.2) is 30.3 Å². The second-order valence-corrected chi connectivity index (χ2v) is 5.12. The highest BCUT2D eigenvalue weighted by molar-refractivity contribution is 5.92. The van der Waals surface area contributed by atoms with Gasteiger partial charge in [0.15, 0.2) is 0 Å². The van der Waals surface area contributed by atoms with Gasteiger partial charge < -0.3 is 10.2 Å². The first-order chi connectivity index (χ1) is 9.18. The van der Waals surface area contributed by atoms with Crippen LogP contribution in [-0.4, -0.2) is 37.0 Å². The molecule has 110 valence electrons. The van der Waals surface area contributed by atoms with Crippen LogP contribution >= 0.6 is 12.4 Å². The van der Waals surface area contributed by atoms with E-state index in [-0.39, 0.29) is 18.3 Å². The van der Waals surface area contributed by atoms with Gasteiger partial charge in [-0.05, 0) is 50.1 Å². The third kappa shape index (κ3) is 4.36. The van der Waals surface area contributed by atoms with Crippen LogP contribution in [0.3, 0.4) is 0 Å². The number of benzene rings is 1. The number of aryl methyl sites for hydroxylation is 1. The van der Waals surface area contributed by atoms with Gasteiger partial charge in [-0.15, -0.1) is 12.4 Å². The summed E-state index contributed by atoms with van der Waals surface area (Å²) < 4.78 is 0. The van der Waals surface area contributed by atoms with Gasteiger partial charge in [0.25, 0.3) is 0 Å². The Labute approximate surface area is 127 Å². The zero-order valence-corrected chi connectivity index (χ0v) is 13.0. The topological polar surface area (TPSA) is 32.3 Å². The standard InChI is InChI=1S/C16H22N2O.ClH/c1-13-5-3-4-6-14(13)7-8-16(19)18(2)15-9-11-17-12-10-15;/h3-8,15,17H,9-12H2,1-2H3;1H. The molecule has 0 unspecified atom stereocenters. The van der Waals surface area contributed by atoms with Gasteiger partial charge in [-0.3, -0.25) is 4.79 Å². The van der Waals surface area contributed by atoms with E-state index in [4.69, 9.17) is 0 Å². The average molecular weight is 295 g/mol. The number of amides is 1. The second-order valence-electron chi connectivity index (χ2n) is 5.12. The molecule has 1 amide bonds. The molecular formula is C16H23ClN2O. The number of likely N-dealkylation sites (N-methyl/N-ethyl adjacent to an activating group) is 1. The number of nitrogens with one attached hydrogen (secondary N) is 1. The van der Waals surface area contributed by atoms with E-state index in [0.29, 0.717) is 6.04 Å². The van der Waals surface area contributed by atoms with Crippen LogP contribution in [0.2, 0.25) is 0 Å². The first-order valence-corrected chi connectivity index (χ1v) is 6.89. The molecule has 1 fully saturated rings. The molecule has 3 nitrogen and oxygen atoms in total. The molecular weight excluding hydrogens is 272 g/mol. The summed E-state index contributed by atoms with van der Waals surface area (Å²) >= 11 is 0. The highest BCUT2D eigenvalue weighted by Gasteiger charge is 2.20. The van der Waals surface area contributed by atoms with Gasteiger partial charge in [-0.1, -0.05) is 24.3 Å². The van der Waals surface area contributed by atoms with Gasteiger partial charge in [0.05, 0.1) is 0 Å². The highest BCUT2D eigenvalue weighted by atomic mass is 35.5. The maximum atomic E-state index is 12.1. The minimum atomic E-state index is 0. The number of rotatable bonds is 3. The summed E-state index contributed by atoms with van der Waals surface area (Å²) in [5, 5.41) is 3.32. The van der Waals surface area contributed by atoms with E-state index in [1.54, 1.807) is 6.08 Å². The van der Waals surface area contributed by atoms with Gasteiger partial charge in [0.1, 0.15) is 0 Å². The molecule has 0 spiro atoms. The molecule has 1 aromatic carbocycles. The molecule has 0 aliphatic carbocycles. The molecule has 0 radical (unpaired) electrons. The number of carbonyl (C=O) groups is 1. The van der Waals surface area contributed by atoms with E-state index in [0.717, 1.165) is 31.5 Å². The van der Waals surface area contributed by atoms with Gasteiger partial charge in [-0.25, -0.2) is 0 Å². The van der Waals surface area contributed by atoms with Crippen molar-refractivity contribution in [3.63, 3.8) is 0 Å². The van der Waals surface area contributed by atoms with Crippen LogP contribution in [0.5, 0.6) is 0 Å². The third-order valence-corrected chi connectivity index (χ3v) is 3.80. The molecule has 0 bridgehead atoms. The van der Waals surface area contributed by atoms with E-state index < -0.39 is 0 Å². The monoisotopic (exact) mass is 294 g/mol. The predicted octanol–water partition coefficient (Wildman–Crippen LogP) is 2.64. The third-order valence-electron chi connectivity index (χ3n) is 3.80. The molecule has 1 heterocycles. The number of halogens is 1. The first kappa shape index (κ1) is 16.7. The Morgan fingerprint density at radius 3 is 2.60 bits per heavy atom. The average Bonchev–Trinajstić information content (AvgIpc) is 2.46. The lowest BCUT2D eigenvalue weighted by Crippen LogP contribution is -2.43. The summed E-state index contributed by atoms with van der Waals surface area (Å²) in [6.07, 6.45) is 5.68. The molecule has 4 heteroatoms. The molecule has 0 aromatic heterocycles. The minimum absolute atomic E-state index is 0. The zero-order valence-electron chi connectivity index (χ0n) is 12.1. The van der Waals surface area contributed by atoms with Crippen molar-refractivity contribution in [1.29, 1.82) is 0 Å². The largest absolute Gasteiger partial charge is 0.339 e.